The van der Waals surface area contributed by atoms with Crippen molar-refractivity contribution < 1.29 is 4.79 Å². The summed E-state index contributed by atoms with van der Waals surface area (Å²) in [6.07, 6.45) is 4.76. The zero-order valence-electron chi connectivity index (χ0n) is 9.82. The smallest absolute Gasteiger partial charge is 0.224 e. The highest BCUT2D eigenvalue weighted by Crippen LogP contribution is 2.33. The number of benzene rings is 1. The van der Waals surface area contributed by atoms with Crippen LogP contribution in [0.1, 0.15) is 19.3 Å². The third-order valence-electron chi connectivity index (χ3n) is 3.12. The maximum atomic E-state index is 11.8. The van der Waals surface area contributed by atoms with Crippen molar-refractivity contribution >= 4 is 38.4 Å². The molecule has 1 N–H and O–H groups in total. The molecule has 0 aliphatic heterocycles. The number of aromatic nitrogens is 1. The number of hydrogen-bond donors (Lipinski definition) is 1. The Labute approximate surface area is 114 Å². The molecule has 3 rings (SSSR count). The van der Waals surface area contributed by atoms with Gasteiger partial charge in [0.25, 0.3) is 0 Å². The van der Waals surface area contributed by atoms with Crippen LogP contribution in [0.5, 0.6) is 0 Å². The molecule has 1 aromatic carbocycles. The van der Waals surface area contributed by atoms with Gasteiger partial charge in [-0.05, 0) is 46.8 Å². The molecule has 1 fully saturated rings. The number of nitrogens with zero attached hydrogens (tertiary/aromatic N) is 1. The molecule has 0 spiro atoms. The molecule has 92 valence electrons. The lowest BCUT2D eigenvalue weighted by Crippen LogP contribution is -2.12. The van der Waals surface area contributed by atoms with Crippen LogP contribution in [0.4, 0.5) is 5.69 Å². The van der Waals surface area contributed by atoms with Crippen molar-refractivity contribution in [3.63, 3.8) is 0 Å². The first kappa shape index (κ1) is 11.7. The van der Waals surface area contributed by atoms with E-state index in [1.165, 1.54) is 12.8 Å². The van der Waals surface area contributed by atoms with E-state index in [1.54, 1.807) is 6.20 Å². The van der Waals surface area contributed by atoms with Gasteiger partial charge in [0.15, 0.2) is 0 Å². The highest BCUT2D eigenvalue weighted by atomic mass is 79.9. The molecule has 1 aliphatic carbocycles. The first-order valence-electron chi connectivity index (χ1n) is 6.06. The van der Waals surface area contributed by atoms with Crippen LogP contribution < -0.4 is 5.32 Å². The van der Waals surface area contributed by atoms with Crippen LogP contribution in [-0.2, 0) is 4.79 Å². The highest BCUT2D eigenvalue weighted by Gasteiger charge is 2.24. The van der Waals surface area contributed by atoms with Gasteiger partial charge in [0, 0.05) is 22.5 Å². The lowest BCUT2D eigenvalue weighted by Gasteiger charge is -2.07. The normalized spacial score (nSPS) is 14.7. The minimum atomic E-state index is 0.0923. The third kappa shape index (κ3) is 2.53. The monoisotopic (exact) mass is 304 g/mol. The number of pyridine rings is 1. The summed E-state index contributed by atoms with van der Waals surface area (Å²) >= 11 is 3.40. The molecule has 18 heavy (non-hydrogen) atoms. The summed E-state index contributed by atoms with van der Waals surface area (Å²) < 4.78 is 0.941. The standard InChI is InChI=1S/C14H13BrN2O/c15-11-7-10-2-1-3-12(14(10)16-8-11)17-13(18)6-9-4-5-9/h1-3,7-9H,4-6H2,(H,17,18). The molecule has 1 amide bonds. The largest absolute Gasteiger partial charge is 0.324 e. The molecule has 1 heterocycles. The van der Waals surface area contributed by atoms with E-state index < -0.39 is 0 Å². The average molecular weight is 305 g/mol. The lowest BCUT2D eigenvalue weighted by atomic mass is 10.2. The average Bonchev–Trinajstić information content (AvgIpc) is 3.12. The molecular formula is C14H13BrN2O. The number of halogens is 1. The SMILES string of the molecule is O=C(CC1CC1)Nc1cccc2cc(Br)cnc12. The van der Waals surface area contributed by atoms with Crippen molar-refractivity contribution in [3.8, 4) is 0 Å². The van der Waals surface area contributed by atoms with Crippen molar-refractivity contribution in [2.24, 2.45) is 5.92 Å². The van der Waals surface area contributed by atoms with Gasteiger partial charge in [0.1, 0.15) is 0 Å². The molecule has 3 nitrogen and oxygen atoms in total. The Hall–Kier alpha value is -1.42. The Balaban J connectivity index is 1.88. The minimum absolute atomic E-state index is 0.0923. The van der Waals surface area contributed by atoms with Crippen LogP contribution >= 0.6 is 15.9 Å². The van der Waals surface area contributed by atoms with Gasteiger partial charge >= 0.3 is 0 Å². The van der Waals surface area contributed by atoms with Crippen LogP contribution in [0.2, 0.25) is 0 Å². The van der Waals surface area contributed by atoms with Gasteiger partial charge in [-0.25, -0.2) is 0 Å². The van der Waals surface area contributed by atoms with Gasteiger partial charge in [-0.2, -0.15) is 0 Å². The fraction of sp³-hybridized carbons (Fsp3) is 0.286. The number of fused-ring (bicyclic) bond motifs is 1. The molecule has 0 unspecified atom stereocenters. The number of amides is 1. The Kier molecular flexibility index (Phi) is 3.04. The van der Waals surface area contributed by atoms with Crippen molar-refractivity contribution in [1.29, 1.82) is 0 Å². The Morgan fingerprint density at radius 1 is 1.44 bits per heavy atom. The van der Waals surface area contributed by atoms with Crippen LogP contribution in [0.25, 0.3) is 10.9 Å². The lowest BCUT2D eigenvalue weighted by molar-refractivity contribution is -0.116. The van der Waals surface area contributed by atoms with E-state index >= 15 is 0 Å². The van der Waals surface area contributed by atoms with Gasteiger partial charge in [-0.15, -0.1) is 0 Å². The summed E-state index contributed by atoms with van der Waals surface area (Å²) in [5, 5.41) is 3.98. The predicted molar refractivity (Wildman–Crippen MR) is 75.4 cm³/mol. The molecular weight excluding hydrogens is 292 g/mol. The molecule has 1 aliphatic rings. The highest BCUT2D eigenvalue weighted by molar-refractivity contribution is 9.10. The van der Waals surface area contributed by atoms with Gasteiger partial charge in [0.05, 0.1) is 11.2 Å². The maximum absolute atomic E-state index is 11.8. The number of hydrogen-bond acceptors (Lipinski definition) is 2. The summed E-state index contributed by atoms with van der Waals surface area (Å²) in [5.41, 5.74) is 1.63. The predicted octanol–water partition coefficient (Wildman–Crippen LogP) is 3.74. The van der Waals surface area contributed by atoms with E-state index in [0.29, 0.717) is 12.3 Å². The van der Waals surface area contributed by atoms with Crippen molar-refractivity contribution in [1.82, 2.24) is 4.98 Å². The number of carbonyl (C=O) groups excluding carboxylic acids is 1. The van der Waals surface area contributed by atoms with Crippen LogP contribution in [0.3, 0.4) is 0 Å². The number of carbonyl (C=O) groups is 1. The first-order valence-corrected chi connectivity index (χ1v) is 6.86. The molecule has 2 aromatic rings. The van der Waals surface area contributed by atoms with Crippen molar-refractivity contribution in [2.45, 2.75) is 19.3 Å². The van der Waals surface area contributed by atoms with Gasteiger partial charge in [0.2, 0.25) is 5.91 Å². The Morgan fingerprint density at radius 3 is 3.06 bits per heavy atom. The second-order valence-electron chi connectivity index (χ2n) is 4.73. The van der Waals surface area contributed by atoms with Crippen LogP contribution in [0, 0.1) is 5.92 Å². The molecule has 0 radical (unpaired) electrons. The van der Waals surface area contributed by atoms with E-state index in [2.05, 4.69) is 26.2 Å². The number of anilines is 1. The van der Waals surface area contributed by atoms with Gasteiger partial charge < -0.3 is 5.32 Å². The van der Waals surface area contributed by atoms with Crippen LogP contribution in [0.15, 0.2) is 34.9 Å². The van der Waals surface area contributed by atoms with E-state index in [4.69, 9.17) is 0 Å². The summed E-state index contributed by atoms with van der Waals surface area (Å²) in [4.78, 5) is 16.2. The maximum Gasteiger partial charge on any atom is 0.224 e. The van der Waals surface area contributed by atoms with Gasteiger partial charge in [-0.1, -0.05) is 12.1 Å². The van der Waals surface area contributed by atoms with E-state index in [-0.39, 0.29) is 5.91 Å². The summed E-state index contributed by atoms with van der Waals surface area (Å²) in [7, 11) is 0. The Morgan fingerprint density at radius 2 is 2.28 bits per heavy atom. The van der Waals surface area contributed by atoms with Crippen molar-refractivity contribution in [2.75, 3.05) is 5.32 Å². The minimum Gasteiger partial charge on any atom is -0.324 e. The molecule has 4 heteroatoms. The fourth-order valence-corrected chi connectivity index (χ4v) is 2.37. The first-order chi connectivity index (χ1) is 8.72. The van der Waals surface area contributed by atoms with Crippen molar-refractivity contribution in [3.05, 3.63) is 34.9 Å². The third-order valence-corrected chi connectivity index (χ3v) is 3.56. The molecule has 1 aromatic heterocycles. The molecule has 0 saturated heterocycles. The van der Waals surface area contributed by atoms with Gasteiger partial charge in [-0.3, -0.25) is 9.78 Å². The zero-order valence-corrected chi connectivity index (χ0v) is 11.4. The molecule has 0 atom stereocenters. The second-order valence-corrected chi connectivity index (χ2v) is 5.64. The molecule has 0 bridgehead atoms. The van der Waals surface area contributed by atoms with E-state index in [1.807, 2.05) is 24.3 Å². The second kappa shape index (κ2) is 4.69. The topological polar surface area (TPSA) is 42.0 Å². The van der Waals surface area contributed by atoms with Crippen LogP contribution in [-0.4, -0.2) is 10.9 Å². The van der Waals surface area contributed by atoms with E-state index in [9.17, 15) is 4.79 Å². The Bertz CT molecular complexity index is 608. The summed E-state index contributed by atoms with van der Waals surface area (Å²) in [6, 6.07) is 7.82. The summed E-state index contributed by atoms with van der Waals surface area (Å²) in [6.45, 7) is 0. The molecule has 1 saturated carbocycles. The number of rotatable bonds is 3. The fourth-order valence-electron chi connectivity index (χ4n) is 2.02. The zero-order chi connectivity index (χ0) is 12.5. The number of para-hydroxylation sites is 1. The number of nitrogens with one attached hydrogen (secondary N) is 1. The van der Waals surface area contributed by atoms with E-state index in [0.717, 1.165) is 21.1 Å². The summed E-state index contributed by atoms with van der Waals surface area (Å²) in [5.74, 6) is 0.691. The quantitative estimate of drug-likeness (QED) is 0.938.